The smallest absolute Gasteiger partial charge is 0.169 e. The molecule has 0 saturated heterocycles. The average molecular weight is 451 g/mol. The van der Waals surface area contributed by atoms with E-state index >= 15 is 0 Å². The standard InChI is InChI=1S/C30H26O4/c1-33-29-23-15-13-21(27(31)19-9-5-3-6-10-19)17-25(23)26-18-22(14-16-24(26)30(29)34-2)28(32)20-11-7-4-8-12-20/h3-18,27-28,31-32H,1-2H3. The summed E-state index contributed by atoms with van der Waals surface area (Å²) in [6, 6.07) is 30.9. The highest BCUT2D eigenvalue weighted by Gasteiger charge is 2.20. The third kappa shape index (κ3) is 3.77. The van der Waals surface area contributed by atoms with Crippen LogP contribution in [0, 0.1) is 0 Å². The molecule has 2 unspecified atom stereocenters. The first-order valence-corrected chi connectivity index (χ1v) is 11.2. The second kappa shape index (κ2) is 9.18. The van der Waals surface area contributed by atoms with Crippen LogP contribution < -0.4 is 9.47 Å². The zero-order chi connectivity index (χ0) is 23.7. The lowest BCUT2D eigenvalue weighted by molar-refractivity contribution is 0.220. The average Bonchev–Trinajstić information content (AvgIpc) is 2.91. The second-order valence-electron chi connectivity index (χ2n) is 8.30. The Morgan fingerprint density at radius 3 is 1.21 bits per heavy atom. The first-order chi connectivity index (χ1) is 16.6. The van der Waals surface area contributed by atoms with E-state index in [0.717, 1.165) is 43.8 Å². The van der Waals surface area contributed by atoms with Crippen molar-refractivity contribution in [3.63, 3.8) is 0 Å². The van der Waals surface area contributed by atoms with Crippen molar-refractivity contribution < 1.29 is 19.7 Å². The van der Waals surface area contributed by atoms with Crippen LogP contribution >= 0.6 is 0 Å². The van der Waals surface area contributed by atoms with Crippen LogP contribution in [0.4, 0.5) is 0 Å². The lowest BCUT2D eigenvalue weighted by atomic mass is 9.92. The second-order valence-corrected chi connectivity index (χ2v) is 8.30. The first kappa shape index (κ1) is 22.0. The van der Waals surface area contributed by atoms with E-state index in [0.29, 0.717) is 11.5 Å². The van der Waals surface area contributed by atoms with Gasteiger partial charge in [0, 0.05) is 10.8 Å². The van der Waals surface area contributed by atoms with Gasteiger partial charge in [0.2, 0.25) is 0 Å². The number of ether oxygens (including phenoxy) is 2. The zero-order valence-corrected chi connectivity index (χ0v) is 19.1. The molecule has 5 aromatic rings. The zero-order valence-electron chi connectivity index (χ0n) is 19.1. The number of aliphatic hydroxyl groups excluding tert-OH is 2. The van der Waals surface area contributed by atoms with Gasteiger partial charge in [-0.05, 0) is 45.2 Å². The van der Waals surface area contributed by atoms with Gasteiger partial charge in [-0.1, -0.05) is 84.9 Å². The van der Waals surface area contributed by atoms with Gasteiger partial charge in [-0.2, -0.15) is 0 Å². The number of benzene rings is 5. The Labute approximate surface area is 198 Å². The van der Waals surface area contributed by atoms with Crippen LogP contribution in [0.1, 0.15) is 34.5 Å². The number of rotatable bonds is 6. The van der Waals surface area contributed by atoms with Gasteiger partial charge in [0.25, 0.3) is 0 Å². The number of methoxy groups -OCH3 is 2. The Bertz CT molecular complexity index is 1330. The first-order valence-electron chi connectivity index (χ1n) is 11.2. The SMILES string of the molecule is COc1c(OC)c2ccc(C(O)c3ccccc3)cc2c2cc(C(O)c3ccccc3)ccc12. The fourth-order valence-electron chi connectivity index (χ4n) is 4.61. The van der Waals surface area contributed by atoms with Crippen molar-refractivity contribution in [1.82, 2.24) is 0 Å². The summed E-state index contributed by atoms with van der Waals surface area (Å²) in [6.07, 6.45) is -1.52. The van der Waals surface area contributed by atoms with Crippen molar-refractivity contribution in [2.75, 3.05) is 14.2 Å². The maximum Gasteiger partial charge on any atom is 0.169 e. The maximum atomic E-state index is 11.0. The van der Waals surface area contributed by atoms with Crippen LogP contribution in [0.15, 0.2) is 97.1 Å². The summed E-state index contributed by atoms with van der Waals surface area (Å²) in [4.78, 5) is 0. The van der Waals surface area contributed by atoms with Crippen LogP contribution in [0.5, 0.6) is 11.5 Å². The molecule has 0 heterocycles. The van der Waals surface area contributed by atoms with E-state index in [1.54, 1.807) is 14.2 Å². The molecule has 0 fully saturated rings. The van der Waals surface area contributed by atoms with Crippen LogP contribution in [0.2, 0.25) is 0 Å². The normalized spacial score (nSPS) is 13.1. The molecule has 34 heavy (non-hydrogen) atoms. The van der Waals surface area contributed by atoms with E-state index in [9.17, 15) is 10.2 Å². The highest BCUT2D eigenvalue weighted by atomic mass is 16.5. The van der Waals surface area contributed by atoms with Gasteiger partial charge in [0.1, 0.15) is 12.2 Å². The lowest BCUT2D eigenvalue weighted by Crippen LogP contribution is -2.02. The number of hydrogen-bond donors (Lipinski definition) is 2. The molecule has 0 radical (unpaired) electrons. The molecule has 0 spiro atoms. The van der Waals surface area contributed by atoms with Gasteiger partial charge in [0.15, 0.2) is 11.5 Å². The largest absolute Gasteiger partial charge is 0.492 e. The van der Waals surface area contributed by atoms with Crippen LogP contribution in [-0.4, -0.2) is 24.4 Å². The minimum atomic E-state index is -0.758. The third-order valence-electron chi connectivity index (χ3n) is 6.34. The summed E-state index contributed by atoms with van der Waals surface area (Å²) in [7, 11) is 3.26. The van der Waals surface area contributed by atoms with Gasteiger partial charge in [-0.3, -0.25) is 0 Å². The molecule has 0 aliphatic heterocycles. The Hall–Kier alpha value is -3.86. The molecule has 2 atom stereocenters. The molecule has 0 bridgehead atoms. The van der Waals surface area contributed by atoms with E-state index in [1.807, 2.05) is 97.1 Å². The molecule has 0 aliphatic rings. The molecule has 0 amide bonds. The molecule has 0 saturated carbocycles. The minimum Gasteiger partial charge on any atom is -0.492 e. The summed E-state index contributed by atoms with van der Waals surface area (Å²) in [5.74, 6) is 1.28. The van der Waals surface area contributed by atoms with E-state index in [1.165, 1.54) is 0 Å². The number of fused-ring (bicyclic) bond motifs is 3. The van der Waals surface area contributed by atoms with Crippen molar-refractivity contribution in [3.05, 3.63) is 119 Å². The lowest BCUT2D eigenvalue weighted by Gasteiger charge is -2.19. The van der Waals surface area contributed by atoms with Crippen LogP contribution in [0.3, 0.4) is 0 Å². The van der Waals surface area contributed by atoms with Crippen molar-refractivity contribution in [3.8, 4) is 11.5 Å². The van der Waals surface area contributed by atoms with Crippen molar-refractivity contribution in [2.24, 2.45) is 0 Å². The predicted molar refractivity (Wildman–Crippen MR) is 136 cm³/mol. The molecule has 5 aromatic carbocycles. The summed E-state index contributed by atoms with van der Waals surface area (Å²) >= 11 is 0. The van der Waals surface area contributed by atoms with Crippen molar-refractivity contribution in [1.29, 1.82) is 0 Å². The molecular formula is C30H26O4. The summed E-state index contributed by atoms with van der Waals surface area (Å²) in [5.41, 5.74) is 3.21. The van der Waals surface area contributed by atoms with E-state index in [-0.39, 0.29) is 0 Å². The van der Waals surface area contributed by atoms with Crippen LogP contribution in [-0.2, 0) is 0 Å². The van der Waals surface area contributed by atoms with E-state index < -0.39 is 12.2 Å². The van der Waals surface area contributed by atoms with Crippen molar-refractivity contribution >= 4 is 21.5 Å². The molecule has 5 rings (SSSR count). The minimum absolute atomic E-state index is 0.641. The summed E-state index contributed by atoms with van der Waals surface area (Å²) in [5, 5.41) is 25.7. The molecule has 0 aromatic heterocycles. The fourth-order valence-corrected chi connectivity index (χ4v) is 4.61. The number of hydrogen-bond acceptors (Lipinski definition) is 4. The van der Waals surface area contributed by atoms with Gasteiger partial charge in [0.05, 0.1) is 14.2 Å². The molecular weight excluding hydrogens is 424 g/mol. The maximum absolute atomic E-state index is 11.0. The topological polar surface area (TPSA) is 58.9 Å². The Morgan fingerprint density at radius 2 is 0.853 bits per heavy atom. The third-order valence-corrected chi connectivity index (χ3v) is 6.34. The highest BCUT2D eigenvalue weighted by molar-refractivity contribution is 6.14. The molecule has 4 heteroatoms. The van der Waals surface area contributed by atoms with Gasteiger partial charge in [-0.25, -0.2) is 0 Å². The van der Waals surface area contributed by atoms with Gasteiger partial charge >= 0.3 is 0 Å². The monoisotopic (exact) mass is 450 g/mol. The fraction of sp³-hybridized carbons (Fsp3) is 0.133. The van der Waals surface area contributed by atoms with Crippen molar-refractivity contribution in [2.45, 2.75) is 12.2 Å². The Balaban J connectivity index is 1.75. The predicted octanol–water partition coefficient (Wildman–Crippen LogP) is 6.17. The summed E-state index contributed by atoms with van der Waals surface area (Å²) < 4.78 is 11.5. The molecule has 170 valence electrons. The highest BCUT2D eigenvalue weighted by Crippen LogP contribution is 2.45. The van der Waals surface area contributed by atoms with Gasteiger partial charge < -0.3 is 19.7 Å². The van der Waals surface area contributed by atoms with Crippen LogP contribution in [0.25, 0.3) is 21.5 Å². The Kier molecular flexibility index (Phi) is 5.93. The molecule has 4 nitrogen and oxygen atoms in total. The molecule has 2 N–H and O–H groups in total. The van der Waals surface area contributed by atoms with E-state index in [4.69, 9.17) is 9.47 Å². The van der Waals surface area contributed by atoms with Gasteiger partial charge in [-0.15, -0.1) is 0 Å². The van der Waals surface area contributed by atoms with E-state index in [2.05, 4.69) is 0 Å². The Morgan fingerprint density at radius 1 is 0.471 bits per heavy atom. The quantitative estimate of drug-likeness (QED) is 0.304. The number of aliphatic hydroxyl groups is 2. The summed E-state index contributed by atoms with van der Waals surface area (Å²) in [6.45, 7) is 0. The molecule has 0 aliphatic carbocycles.